The highest BCUT2D eigenvalue weighted by atomic mass is 16.2. The number of piperazine rings is 1. The molecular weight excluding hydrogens is 402 g/mol. The van der Waals surface area contributed by atoms with Gasteiger partial charge in [0.25, 0.3) is 0 Å². The number of nitrogens with one attached hydrogen (secondary N) is 3. The summed E-state index contributed by atoms with van der Waals surface area (Å²) in [5.74, 6) is 0.00144. The quantitative estimate of drug-likeness (QED) is 0.463. The topological polar surface area (TPSA) is 98.8 Å². The van der Waals surface area contributed by atoms with Crippen molar-refractivity contribution in [3.8, 4) is 22.6 Å². The molecule has 8 nitrogen and oxygen atoms in total. The molecule has 1 atom stereocenters. The second-order valence-corrected chi connectivity index (χ2v) is 7.96. The number of amides is 1. The minimum absolute atomic E-state index is 0.00144. The number of hydrogen-bond donors (Lipinski definition) is 3. The largest absolute Gasteiger partial charge is 0.367 e. The van der Waals surface area contributed by atoms with Crippen LogP contribution in [-0.4, -0.2) is 58.6 Å². The Balaban J connectivity index is 1.49. The third-order valence-electron chi connectivity index (χ3n) is 5.83. The van der Waals surface area contributed by atoms with Crippen molar-refractivity contribution in [3.63, 3.8) is 0 Å². The number of aromatic nitrogens is 4. The summed E-state index contributed by atoms with van der Waals surface area (Å²) in [6.07, 6.45) is 3.58. The number of anilines is 1. The second kappa shape index (κ2) is 8.39. The van der Waals surface area contributed by atoms with Gasteiger partial charge in [-0.2, -0.15) is 0 Å². The van der Waals surface area contributed by atoms with Crippen molar-refractivity contribution in [2.45, 2.75) is 13.0 Å². The zero-order chi connectivity index (χ0) is 22.1. The average Bonchev–Trinajstić information content (AvgIpc) is 3.33. The van der Waals surface area contributed by atoms with Crippen molar-refractivity contribution in [3.05, 3.63) is 60.7 Å². The number of pyridine rings is 2. The number of hydrogen-bond acceptors (Lipinski definition) is 6. The SMILES string of the molecule is CNC(=O)[C@@H]1CN(c2cnc3ccc(-c4nc[nH]c4-c4cccc(C)n4)cc3c2)CCN1. The Hall–Kier alpha value is -3.78. The summed E-state index contributed by atoms with van der Waals surface area (Å²) in [6, 6.07) is 14.0. The maximum absolute atomic E-state index is 12.1. The molecule has 3 aromatic heterocycles. The third-order valence-corrected chi connectivity index (χ3v) is 5.83. The molecule has 1 amide bonds. The van der Waals surface area contributed by atoms with Gasteiger partial charge in [0.1, 0.15) is 6.04 Å². The van der Waals surface area contributed by atoms with Gasteiger partial charge in [-0.25, -0.2) is 4.98 Å². The van der Waals surface area contributed by atoms with Gasteiger partial charge >= 0.3 is 0 Å². The van der Waals surface area contributed by atoms with Crippen LogP contribution in [-0.2, 0) is 4.79 Å². The summed E-state index contributed by atoms with van der Waals surface area (Å²) in [4.78, 5) is 31.4. The van der Waals surface area contributed by atoms with E-state index in [1.165, 1.54) is 0 Å². The van der Waals surface area contributed by atoms with Crippen LogP contribution in [0, 0.1) is 6.92 Å². The number of carbonyl (C=O) groups is 1. The van der Waals surface area contributed by atoms with Gasteiger partial charge in [0.15, 0.2) is 0 Å². The van der Waals surface area contributed by atoms with Crippen molar-refractivity contribution >= 4 is 22.5 Å². The van der Waals surface area contributed by atoms with Crippen molar-refractivity contribution in [2.24, 2.45) is 0 Å². The first-order valence-electron chi connectivity index (χ1n) is 10.7. The smallest absolute Gasteiger partial charge is 0.238 e. The average molecular weight is 428 g/mol. The molecule has 5 rings (SSSR count). The summed E-state index contributed by atoms with van der Waals surface area (Å²) in [7, 11) is 1.66. The van der Waals surface area contributed by atoms with E-state index in [9.17, 15) is 4.79 Å². The molecule has 8 heteroatoms. The maximum Gasteiger partial charge on any atom is 0.238 e. The van der Waals surface area contributed by atoms with E-state index < -0.39 is 0 Å². The summed E-state index contributed by atoms with van der Waals surface area (Å²) in [5.41, 5.74) is 6.51. The van der Waals surface area contributed by atoms with E-state index in [4.69, 9.17) is 0 Å². The first-order chi connectivity index (χ1) is 15.6. The van der Waals surface area contributed by atoms with E-state index in [-0.39, 0.29) is 11.9 Å². The van der Waals surface area contributed by atoms with Crippen LogP contribution >= 0.6 is 0 Å². The van der Waals surface area contributed by atoms with Gasteiger partial charge in [0, 0.05) is 43.3 Å². The number of imidazole rings is 1. The number of benzene rings is 1. The molecule has 0 radical (unpaired) electrons. The number of likely N-dealkylation sites (N-methyl/N-ethyl adjacent to an activating group) is 1. The highest BCUT2D eigenvalue weighted by molar-refractivity contribution is 5.89. The number of H-pyrrole nitrogens is 1. The second-order valence-electron chi connectivity index (χ2n) is 7.96. The predicted molar refractivity (Wildman–Crippen MR) is 125 cm³/mol. The minimum atomic E-state index is -0.232. The van der Waals surface area contributed by atoms with E-state index in [0.717, 1.165) is 58.0 Å². The molecule has 0 spiro atoms. The Labute approximate surface area is 186 Å². The monoisotopic (exact) mass is 427 g/mol. The number of nitrogens with zero attached hydrogens (tertiary/aromatic N) is 4. The van der Waals surface area contributed by atoms with Crippen LogP contribution in [0.3, 0.4) is 0 Å². The van der Waals surface area contributed by atoms with E-state index >= 15 is 0 Å². The molecule has 1 aliphatic heterocycles. The minimum Gasteiger partial charge on any atom is -0.367 e. The first-order valence-corrected chi connectivity index (χ1v) is 10.7. The zero-order valence-electron chi connectivity index (χ0n) is 18.1. The van der Waals surface area contributed by atoms with Crippen LogP contribution in [0.15, 0.2) is 55.0 Å². The number of rotatable bonds is 4. The summed E-state index contributed by atoms with van der Waals surface area (Å²) in [5, 5.41) is 7.02. The van der Waals surface area contributed by atoms with Crippen LogP contribution in [0.2, 0.25) is 0 Å². The van der Waals surface area contributed by atoms with Crippen molar-refractivity contribution in [1.29, 1.82) is 0 Å². The lowest BCUT2D eigenvalue weighted by Crippen LogP contribution is -2.56. The van der Waals surface area contributed by atoms with Crippen molar-refractivity contribution < 1.29 is 4.79 Å². The molecule has 162 valence electrons. The molecule has 1 aliphatic rings. The van der Waals surface area contributed by atoms with Gasteiger partial charge in [-0.15, -0.1) is 0 Å². The first kappa shape index (κ1) is 20.1. The van der Waals surface area contributed by atoms with E-state index in [0.29, 0.717) is 6.54 Å². The van der Waals surface area contributed by atoms with Crippen LogP contribution in [0.4, 0.5) is 5.69 Å². The molecular formula is C24H25N7O. The van der Waals surface area contributed by atoms with Crippen LogP contribution in [0.25, 0.3) is 33.5 Å². The molecule has 0 aliphatic carbocycles. The summed E-state index contributed by atoms with van der Waals surface area (Å²) >= 11 is 0. The van der Waals surface area contributed by atoms with E-state index in [1.807, 2.05) is 43.5 Å². The van der Waals surface area contributed by atoms with Crippen LogP contribution in [0.1, 0.15) is 5.69 Å². The normalized spacial score (nSPS) is 16.3. The predicted octanol–water partition coefficient (Wildman–Crippen LogP) is 2.52. The fourth-order valence-electron chi connectivity index (χ4n) is 4.17. The van der Waals surface area contributed by atoms with Gasteiger partial charge < -0.3 is 20.5 Å². The molecule has 1 saturated heterocycles. The number of aromatic amines is 1. The highest BCUT2D eigenvalue weighted by Crippen LogP contribution is 2.31. The molecule has 1 aromatic carbocycles. The fourth-order valence-corrected chi connectivity index (χ4v) is 4.17. The van der Waals surface area contributed by atoms with Crippen LogP contribution < -0.4 is 15.5 Å². The highest BCUT2D eigenvalue weighted by Gasteiger charge is 2.25. The molecule has 1 fully saturated rings. The van der Waals surface area contributed by atoms with Gasteiger partial charge in [-0.1, -0.05) is 12.1 Å². The Kier molecular flexibility index (Phi) is 5.28. The molecule has 0 bridgehead atoms. The molecule has 4 aromatic rings. The van der Waals surface area contributed by atoms with E-state index in [1.54, 1.807) is 13.4 Å². The lowest BCUT2D eigenvalue weighted by Gasteiger charge is -2.34. The Morgan fingerprint density at radius 3 is 2.94 bits per heavy atom. The molecule has 32 heavy (non-hydrogen) atoms. The number of carbonyl (C=O) groups excluding carboxylic acids is 1. The molecule has 0 unspecified atom stereocenters. The maximum atomic E-state index is 12.1. The number of aryl methyl sites for hydroxylation is 1. The fraction of sp³-hybridized carbons (Fsp3) is 0.250. The lowest BCUT2D eigenvalue weighted by atomic mass is 10.0. The zero-order valence-corrected chi connectivity index (χ0v) is 18.1. The summed E-state index contributed by atoms with van der Waals surface area (Å²) < 4.78 is 0. The van der Waals surface area contributed by atoms with Crippen molar-refractivity contribution in [2.75, 3.05) is 31.6 Å². The number of fused-ring (bicyclic) bond motifs is 1. The standard InChI is InChI=1S/C24H25N7O/c1-15-4-3-5-20(30-15)23-22(28-14-29-23)16-6-7-19-17(10-16)11-18(12-27-19)31-9-8-26-21(13-31)24(32)25-2/h3-7,10-12,14,21,26H,8-9,13H2,1-2H3,(H,25,32)(H,28,29)/t21-/m0/s1. The van der Waals surface area contributed by atoms with Crippen molar-refractivity contribution in [1.82, 2.24) is 30.6 Å². The third kappa shape index (κ3) is 3.80. The lowest BCUT2D eigenvalue weighted by molar-refractivity contribution is -0.122. The molecule has 4 heterocycles. The Morgan fingerprint density at radius 1 is 1.19 bits per heavy atom. The molecule has 3 N–H and O–H groups in total. The Morgan fingerprint density at radius 2 is 2.09 bits per heavy atom. The molecule has 0 saturated carbocycles. The van der Waals surface area contributed by atoms with Gasteiger partial charge in [-0.05, 0) is 37.3 Å². The van der Waals surface area contributed by atoms with Crippen LogP contribution in [0.5, 0.6) is 0 Å². The van der Waals surface area contributed by atoms with Gasteiger partial charge in [0.2, 0.25) is 5.91 Å². The Bertz CT molecular complexity index is 1280. The van der Waals surface area contributed by atoms with Gasteiger partial charge in [0.05, 0.1) is 40.8 Å². The van der Waals surface area contributed by atoms with E-state index in [2.05, 4.69) is 47.6 Å². The summed E-state index contributed by atoms with van der Waals surface area (Å²) in [6.45, 7) is 4.15. The van der Waals surface area contributed by atoms with Gasteiger partial charge in [-0.3, -0.25) is 14.8 Å².